The second-order valence-corrected chi connectivity index (χ2v) is 8.86. The van der Waals surface area contributed by atoms with Crippen LogP contribution in [0.5, 0.6) is 0 Å². The third-order valence-corrected chi connectivity index (χ3v) is 6.68. The van der Waals surface area contributed by atoms with Crippen molar-refractivity contribution in [3.8, 4) is 0 Å². The summed E-state index contributed by atoms with van der Waals surface area (Å²) in [7, 11) is 4.09. The van der Waals surface area contributed by atoms with Gasteiger partial charge in [0.2, 0.25) is 0 Å². The van der Waals surface area contributed by atoms with Crippen molar-refractivity contribution in [2.45, 2.75) is 31.7 Å². The zero-order valence-electron chi connectivity index (χ0n) is 17.4. The molecule has 2 saturated heterocycles. The largest absolute Gasteiger partial charge is 0.381 e. The van der Waals surface area contributed by atoms with Crippen LogP contribution in [-0.2, 0) is 9.47 Å². The van der Waals surface area contributed by atoms with Crippen molar-refractivity contribution >= 4 is 17.3 Å². The van der Waals surface area contributed by atoms with Gasteiger partial charge in [0.1, 0.15) is 0 Å². The highest BCUT2D eigenvalue weighted by molar-refractivity contribution is 7.10. The topological polar surface area (TPSA) is 58.1 Å². The Kier molecular flexibility index (Phi) is 9.05. The maximum Gasteiger partial charge on any atom is 0.190 e. The number of ether oxygens (including phenoxy) is 2. The Labute approximate surface area is 173 Å². The second-order valence-electron chi connectivity index (χ2n) is 7.88. The minimum atomic E-state index is 0.507. The normalized spacial score (nSPS) is 26.5. The minimum Gasteiger partial charge on any atom is -0.381 e. The molecule has 0 aliphatic carbocycles. The molecule has 3 rings (SSSR count). The molecule has 3 heterocycles. The monoisotopic (exact) mass is 408 g/mol. The number of aliphatic imine (C=N–C) groups is 1. The highest BCUT2D eigenvalue weighted by Crippen LogP contribution is 2.36. The summed E-state index contributed by atoms with van der Waals surface area (Å²) in [4.78, 5) is 8.36. The molecule has 0 radical (unpaired) electrons. The number of thiophene rings is 1. The molecule has 0 saturated carbocycles. The molecule has 6 nitrogen and oxygen atoms in total. The highest BCUT2D eigenvalue weighted by Gasteiger charge is 2.31. The van der Waals surface area contributed by atoms with Gasteiger partial charge in [-0.3, -0.25) is 9.89 Å². The minimum absolute atomic E-state index is 0.507. The third kappa shape index (κ3) is 6.44. The number of guanidine groups is 1. The summed E-state index contributed by atoms with van der Waals surface area (Å²) in [5.41, 5.74) is 0. The Morgan fingerprint density at radius 3 is 3.07 bits per heavy atom. The fourth-order valence-electron chi connectivity index (χ4n) is 4.18. The van der Waals surface area contributed by atoms with Crippen LogP contribution in [-0.4, -0.2) is 71.0 Å². The molecule has 3 atom stereocenters. The molecule has 0 spiro atoms. The van der Waals surface area contributed by atoms with E-state index in [0.717, 1.165) is 58.3 Å². The SMILES string of the molecule is CN=C(NCCCOCC1CCOC1)NCC1CCCN(C)C1c1cccs1. The van der Waals surface area contributed by atoms with Gasteiger partial charge in [-0.1, -0.05) is 6.07 Å². The predicted molar refractivity (Wildman–Crippen MR) is 116 cm³/mol. The number of rotatable bonds is 9. The van der Waals surface area contributed by atoms with Crippen molar-refractivity contribution in [2.75, 3.05) is 60.2 Å². The molecule has 7 heteroatoms. The molecule has 2 aliphatic heterocycles. The van der Waals surface area contributed by atoms with Gasteiger partial charge in [-0.05, 0) is 56.6 Å². The zero-order chi connectivity index (χ0) is 19.6. The van der Waals surface area contributed by atoms with Crippen LogP contribution in [0.1, 0.15) is 36.6 Å². The Hall–Kier alpha value is -1.15. The van der Waals surface area contributed by atoms with Crippen LogP contribution in [0.25, 0.3) is 0 Å². The fraction of sp³-hybridized carbons (Fsp3) is 0.762. The van der Waals surface area contributed by atoms with Gasteiger partial charge in [-0.15, -0.1) is 11.3 Å². The van der Waals surface area contributed by atoms with E-state index in [1.807, 2.05) is 18.4 Å². The van der Waals surface area contributed by atoms with Gasteiger partial charge in [0.05, 0.1) is 13.2 Å². The average molecular weight is 409 g/mol. The Morgan fingerprint density at radius 1 is 1.39 bits per heavy atom. The number of hydrogen-bond acceptors (Lipinski definition) is 5. The van der Waals surface area contributed by atoms with Crippen molar-refractivity contribution in [2.24, 2.45) is 16.8 Å². The van der Waals surface area contributed by atoms with Crippen LogP contribution in [0.4, 0.5) is 0 Å². The number of nitrogens with one attached hydrogen (secondary N) is 2. The first kappa shape index (κ1) is 21.6. The lowest BCUT2D eigenvalue weighted by molar-refractivity contribution is 0.0887. The number of likely N-dealkylation sites (tertiary alicyclic amines) is 1. The molecule has 0 aromatic carbocycles. The molecule has 1 aromatic heterocycles. The molecule has 2 fully saturated rings. The molecule has 1 aromatic rings. The molecule has 2 N–H and O–H groups in total. The Morgan fingerprint density at radius 2 is 2.32 bits per heavy atom. The van der Waals surface area contributed by atoms with Gasteiger partial charge in [-0.25, -0.2) is 0 Å². The average Bonchev–Trinajstić information content (AvgIpc) is 3.41. The first-order valence-electron chi connectivity index (χ1n) is 10.6. The predicted octanol–water partition coefficient (Wildman–Crippen LogP) is 2.74. The Bertz CT molecular complexity index is 575. The van der Waals surface area contributed by atoms with Gasteiger partial charge in [0, 0.05) is 50.2 Å². The molecular formula is C21H36N4O2S. The number of hydrogen-bond donors (Lipinski definition) is 2. The third-order valence-electron chi connectivity index (χ3n) is 5.73. The summed E-state index contributed by atoms with van der Waals surface area (Å²) in [5.74, 6) is 2.09. The lowest BCUT2D eigenvalue weighted by atomic mass is 9.88. The quantitative estimate of drug-likeness (QED) is 0.374. The van der Waals surface area contributed by atoms with Crippen LogP contribution in [0.3, 0.4) is 0 Å². The summed E-state index contributed by atoms with van der Waals surface area (Å²) < 4.78 is 11.1. The van der Waals surface area contributed by atoms with Crippen LogP contribution < -0.4 is 10.6 Å². The summed E-state index contributed by atoms with van der Waals surface area (Å²) in [5, 5.41) is 9.15. The summed E-state index contributed by atoms with van der Waals surface area (Å²) >= 11 is 1.87. The van der Waals surface area contributed by atoms with Crippen molar-refractivity contribution < 1.29 is 9.47 Å². The molecule has 158 valence electrons. The fourth-order valence-corrected chi connectivity index (χ4v) is 5.16. The van der Waals surface area contributed by atoms with E-state index in [-0.39, 0.29) is 0 Å². The van der Waals surface area contributed by atoms with E-state index in [1.165, 1.54) is 24.3 Å². The molecule has 0 bridgehead atoms. The van der Waals surface area contributed by atoms with Crippen LogP contribution >= 0.6 is 11.3 Å². The summed E-state index contributed by atoms with van der Waals surface area (Å²) in [6.45, 7) is 6.36. The van der Waals surface area contributed by atoms with Crippen LogP contribution in [0.15, 0.2) is 22.5 Å². The van der Waals surface area contributed by atoms with E-state index in [0.29, 0.717) is 17.9 Å². The Balaban J connectivity index is 1.34. The van der Waals surface area contributed by atoms with Crippen molar-refractivity contribution in [1.82, 2.24) is 15.5 Å². The molecular weight excluding hydrogens is 372 g/mol. The van der Waals surface area contributed by atoms with E-state index in [9.17, 15) is 0 Å². The molecule has 0 amide bonds. The van der Waals surface area contributed by atoms with Crippen LogP contribution in [0.2, 0.25) is 0 Å². The van der Waals surface area contributed by atoms with E-state index in [2.05, 4.69) is 45.1 Å². The lowest BCUT2D eigenvalue weighted by Crippen LogP contribution is -2.45. The highest BCUT2D eigenvalue weighted by atomic mass is 32.1. The van der Waals surface area contributed by atoms with E-state index in [4.69, 9.17) is 9.47 Å². The van der Waals surface area contributed by atoms with Gasteiger partial charge in [0.15, 0.2) is 5.96 Å². The molecule has 3 unspecified atom stereocenters. The first-order valence-corrected chi connectivity index (χ1v) is 11.5. The van der Waals surface area contributed by atoms with Crippen molar-refractivity contribution in [1.29, 1.82) is 0 Å². The van der Waals surface area contributed by atoms with Gasteiger partial charge in [-0.2, -0.15) is 0 Å². The van der Waals surface area contributed by atoms with Crippen LogP contribution in [0, 0.1) is 11.8 Å². The summed E-state index contributed by atoms with van der Waals surface area (Å²) in [6, 6.07) is 4.94. The lowest BCUT2D eigenvalue weighted by Gasteiger charge is -2.39. The smallest absolute Gasteiger partial charge is 0.190 e. The van der Waals surface area contributed by atoms with E-state index >= 15 is 0 Å². The van der Waals surface area contributed by atoms with Gasteiger partial charge < -0.3 is 20.1 Å². The number of nitrogens with zero attached hydrogens (tertiary/aromatic N) is 2. The van der Waals surface area contributed by atoms with Gasteiger partial charge >= 0.3 is 0 Å². The number of piperidine rings is 1. The second kappa shape index (κ2) is 11.8. The van der Waals surface area contributed by atoms with Crippen molar-refractivity contribution in [3.05, 3.63) is 22.4 Å². The first-order chi connectivity index (χ1) is 13.8. The van der Waals surface area contributed by atoms with Crippen molar-refractivity contribution in [3.63, 3.8) is 0 Å². The summed E-state index contributed by atoms with van der Waals surface area (Å²) in [6.07, 6.45) is 4.64. The zero-order valence-corrected chi connectivity index (χ0v) is 18.2. The maximum absolute atomic E-state index is 5.77. The van der Waals surface area contributed by atoms with E-state index in [1.54, 1.807) is 0 Å². The van der Waals surface area contributed by atoms with E-state index < -0.39 is 0 Å². The standard InChI is InChI=1S/C21H36N4O2S/c1-22-21(23-9-5-11-26-15-17-8-12-27-16-17)24-14-18-6-3-10-25(2)20(18)19-7-4-13-28-19/h4,7,13,17-18,20H,3,5-6,8-12,14-16H2,1-2H3,(H2,22,23,24). The molecule has 2 aliphatic rings. The molecule has 28 heavy (non-hydrogen) atoms. The maximum atomic E-state index is 5.77. The van der Waals surface area contributed by atoms with Gasteiger partial charge in [0.25, 0.3) is 0 Å².